The molecule has 2 aromatic rings. The van der Waals surface area contributed by atoms with Gasteiger partial charge in [-0.25, -0.2) is 9.78 Å². The molecule has 0 aliphatic carbocycles. The molecule has 10 heteroatoms. The summed E-state index contributed by atoms with van der Waals surface area (Å²) in [6.45, 7) is 5.74. The minimum atomic E-state index is -0.440. The predicted molar refractivity (Wildman–Crippen MR) is 109 cm³/mol. The number of thioether (sulfide) groups is 2. The summed E-state index contributed by atoms with van der Waals surface area (Å²) in [4.78, 5) is 44.6. The molecular formula is C17H19N3O4S3. The summed E-state index contributed by atoms with van der Waals surface area (Å²) in [7, 11) is 0. The quantitative estimate of drug-likeness (QED) is 0.417. The van der Waals surface area contributed by atoms with Crippen LogP contribution in [-0.4, -0.2) is 34.2 Å². The summed E-state index contributed by atoms with van der Waals surface area (Å²) in [5, 5.41) is 3.70. The number of aromatic amines is 1. The molecule has 7 nitrogen and oxygen atoms in total. The number of aromatic nitrogens is 2. The molecule has 2 N–H and O–H groups in total. The number of anilines is 1. The van der Waals surface area contributed by atoms with Gasteiger partial charge in [-0.05, 0) is 26.3 Å². The molecule has 3 heterocycles. The highest BCUT2D eigenvalue weighted by atomic mass is 32.2. The number of aryl methyl sites for hydroxylation is 1. The lowest BCUT2D eigenvalue weighted by Gasteiger charge is -2.07. The summed E-state index contributed by atoms with van der Waals surface area (Å²) in [5.74, 6) is 0.758. The Morgan fingerprint density at radius 1 is 1.33 bits per heavy atom. The molecule has 1 amide bonds. The van der Waals surface area contributed by atoms with Crippen molar-refractivity contribution in [3.8, 4) is 0 Å². The Hall–Kier alpha value is -1.78. The normalized spacial score (nSPS) is 12.7. The topological polar surface area (TPSA) is 101 Å². The number of thiophene rings is 1. The minimum Gasteiger partial charge on any atom is -0.462 e. The number of carbonyl (C=O) groups is 2. The number of ether oxygens (including phenoxy) is 1. The summed E-state index contributed by atoms with van der Waals surface area (Å²) in [6, 6.07) is 0. The monoisotopic (exact) mass is 425 g/mol. The van der Waals surface area contributed by atoms with Crippen molar-refractivity contribution < 1.29 is 14.3 Å². The lowest BCUT2D eigenvalue weighted by Crippen LogP contribution is -2.18. The number of rotatable bonds is 6. The standard InChI is InChI=1S/C17H19N3O4S3/c1-4-24-16(23)13-8(2)9(3)27-15(13)19-12(21)7-26-17-18-11-6-25-5-10(11)14(22)20-17/h4-7H2,1-3H3,(H,19,21)(H,18,20,22). The van der Waals surface area contributed by atoms with E-state index in [-0.39, 0.29) is 23.8 Å². The molecule has 0 bridgehead atoms. The maximum absolute atomic E-state index is 12.4. The number of hydrogen-bond donors (Lipinski definition) is 2. The molecule has 27 heavy (non-hydrogen) atoms. The zero-order chi connectivity index (χ0) is 19.6. The Labute approximate surface area is 168 Å². The number of esters is 1. The molecule has 0 aromatic carbocycles. The van der Waals surface area contributed by atoms with Crippen LogP contribution in [-0.2, 0) is 21.0 Å². The number of carbonyl (C=O) groups excluding carboxylic acids is 2. The van der Waals surface area contributed by atoms with E-state index in [1.165, 1.54) is 11.3 Å². The number of H-pyrrole nitrogens is 1. The van der Waals surface area contributed by atoms with Gasteiger partial charge in [0.25, 0.3) is 5.56 Å². The second kappa shape index (κ2) is 8.49. The lowest BCUT2D eigenvalue weighted by atomic mass is 10.1. The van der Waals surface area contributed by atoms with Crippen LogP contribution in [0.1, 0.15) is 39.0 Å². The van der Waals surface area contributed by atoms with E-state index in [9.17, 15) is 14.4 Å². The van der Waals surface area contributed by atoms with E-state index < -0.39 is 5.97 Å². The lowest BCUT2D eigenvalue weighted by molar-refractivity contribution is -0.113. The van der Waals surface area contributed by atoms with E-state index in [1.807, 2.05) is 13.8 Å². The van der Waals surface area contributed by atoms with Gasteiger partial charge in [-0.15, -0.1) is 11.3 Å². The largest absolute Gasteiger partial charge is 0.462 e. The minimum absolute atomic E-state index is 0.0765. The van der Waals surface area contributed by atoms with Crippen molar-refractivity contribution in [1.29, 1.82) is 0 Å². The highest BCUT2D eigenvalue weighted by molar-refractivity contribution is 7.99. The van der Waals surface area contributed by atoms with Crippen LogP contribution < -0.4 is 10.9 Å². The van der Waals surface area contributed by atoms with Crippen LogP contribution in [0.5, 0.6) is 0 Å². The Morgan fingerprint density at radius 2 is 2.11 bits per heavy atom. The van der Waals surface area contributed by atoms with Gasteiger partial charge < -0.3 is 15.0 Å². The van der Waals surface area contributed by atoms with Gasteiger partial charge in [0.2, 0.25) is 5.91 Å². The van der Waals surface area contributed by atoms with Crippen LogP contribution in [0.4, 0.5) is 5.00 Å². The fraction of sp³-hybridized carbons (Fsp3) is 0.412. The zero-order valence-electron chi connectivity index (χ0n) is 15.1. The Kier molecular flexibility index (Phi) is 6.28. The zero-order valence-corrected chi connectivity index (χ0v) is 17.6. The molecule has 144 valence electrons. The van der Waals surface area contributed by atoms with Crippen molar-refractivity contribution in [2.75, 3.05) is 17.7 Å². The Morgan fingerprint density at radius 3 is 2.85 bits per heavy atom. The van der Waals surface area contributed by atoms with Gasteiger partial charge in [-0.1, -0.05) is 11.8 Å². The van der Waals surface area contributed by atoms with Gasteiger partial charge in [0.1, 0.15) is 5.00 Å². The van der Waals surface area contributed by atoms with Crippen molar-refractivity contribution in [2.45, 2.75) is 37.4 Å². The van der Waals surface area contributed by atoms with E-state index in [1.54, 1.807) is 18.7 Å². The molecule has 0 atom stereocenters. The Balaban J connectivity index is 1.68. The molecule has 0 spiro atoms. The maximum Gasteiger partial charge on any atom is 0.341 e. The first-order valence-corrected chi connectivity index (χ1v) is 11.3. The van der Waals surface area contributed by atoms with Crippen LogP contribution >= 0.6 is 34.9 Å². The molecule has 1 aliphatic heterocycles. The van der Waals surface area contributed by atoms with Gasteiger partial charge in [-0.2, -0.15) is 11.8 Å². The van der Waals surface area contributed by atoms with Gasteiger partial charge in [0.05, 0.1) is 23.6 Å². The number of hydrogen-bond acceptors (Lipinski definition) is 8. The smallest absolute Gasteiger partial charge is 0.341 e. The summed E-state index contributed by atoms with van der Waals surface area (Å²) in [5.41, 5.74) is 2.59. The van der Waals surface area contributed by atoms with Gasteiger partial charge in [-0.3, -0.25) is 9.59 Å². The first kappa shape index (κ1) is 20.0. The SMILES string of the molecule is CCOC(=O)c1c(NC(=O)CSc2nc3c(c(=O)[nH]2)CSC3)sc(C)c1C. The van der Waals surface area contributed by atoms with Crippen molar-refractivity contribution in [2.24, 2.45) is 0 Å². The average Bonchev–Trinajstić information content (AvgIpc) is 3.19. The Bertz CT molecular complexity index is 952. The third-order valence-corrected chi connectivity index (χ3v) is 6.99. The number of nitrogens with zero attached hydrogens (tertiary/aromatic N) is 1. The first-order valence-electron chi connectivity index (χ1n) is 8.30. The number of amides is 1. The fourth-order valence-corrected chi connectivity index (χ4v) is 5.35. The molecule has 0 saturated heterocycles. The molecule has 0 unspecified atom stereocenters. The van der Waals surface area contributed by atoms with E-state index in [0.717, 1.165) is 39.2 Å². The highest BCUT2D eigenvalue weighted by Gasteiger charge is 2.22. The number of nitrogens with one attached hydrogen (secondary N) is 2. The molecular weight excluding hydrogens is 406 g/mol. The average molecular weight is 426 g/mol. The molecule has 1 aliphatic rings. The molecule has 0 saturated carbocycles. The third kappa shape index (κ3) is 4.39. The predicted octanol–water partition coefficient (Wildman–Crippen LogP) is 3.10. The van der Waals surface area contributed by atoms with Crippen molar-refractivity contribution in [1.82, 2.24) is 9.97 Å². The number of fused-ring (bicyclic) bond motifs is 1. The first-order chi connectivity index (χ1) is 12.9. The van der Waals surface area contributed by atoms with E-state index in [0.29, 0.717) is 21.5 Å². The van der Waals surface area contributed by atoms with E-state index in [2.05, 4.69) is 15.3 Å². The van der Waals surface area contributed by atoms with Crippen LogP contribution in [0.2, 0.25) is 0 Å². The van der Waals surface area contributed by atoms with Crippen LogP contribution in [0.15, 0.2) is 9.95 Å². The highest BCUT2D eigenvalue weighted by Crippen LogP contribution is 2.33. The van der Waals surface area contributed by atoms with Crippen LogP contribution in [0.25, 0.3) is 0 Å². The molecule has 3 rings (SSSR count). The van der Waals surface area contributed by atoms with Crippen LogP contribution in [0.3, 0.4) is 0 Å². The van der Waals surface area contributed by atoms with Crippen molar-refractivity contribution in [3.05, 3.63) is 37.6 Å². The van der Waals surface area contributed by atoms with Crippen LogP contribution in [0, 0.1) is 13.8 Å². The molecule has 2 aromatic heterocycles. The van der Waals surface area contributed by atoms with Gasteiger partial charge in [0, 0.05) is 21.9 Å². The van der Waals surface area contributed by atoms with Gasteiger partial charge in [0.15, 0.2) is 5.16 Å². The molecule has 0 fully saturated rings. The second-order valence-corrected chi connectivity index (χ2v) is 9.01. The van der Waals surface area contributed by atoms with Crippen molar-refractivity contribution >= 4 is 51.7 Å². The maximum atomic E-state index is 12.4. The van der Waals surface area contributed by atoms with E-state index >= 15 is 0 Å². The summed E-state index contributed by atoms with van der Waals surface area (Å²) >= 11 is 4.16. The molecule has 0 radical (unpaired) electrons. The van der Waals surface area contributed by atoms with E-state index in [4.69, 9.17) is 4.74 Å². The summed E-state index contributed by atoms with van der Waals surface area (Å²) < 4.78 is 5.09. The third-order valence-electron chi connectivity index (χ3n) is 4.02. The summed E-state index contributed by atoms with van der Waals surface area (Å²) in [6.07, 6.45) is 0. The second-order valence-electron chi connectivity index (χ2n) is 5.83. The van der Waals surface area contributed by atoms with Crippen molar-refractivity contribution in [3.63, 3.8) is 0 Å². The fourth-order valence-electron chi connectivity index (χ4n) is 2.57. The van der Waals surface area contributed by atoms with Gasteiger partial charge >= 0.3 is 5.97 Å².